The lowest BCUT2D eigenvalue weighted by Crippen LogP contribution is -2.22. The smallest absolute Gasteiger partial charge is 0.210 e. The number of ketones is 1. The van der Waals surface area contributed by atoms with E-state index in [-0.39, 0.29) is 23.7 Å². The number of methoxy groups -OCH3 is 1. The molecule has 4 aromatic heterocycles. The topological polar surface area (TPSA) is 118 Å². The van der Waals surface area contributed by atoms with Crippen molar-refractivity contribution in [3.05, 3.63) is 48.0 Å². The molecule has 1 atom stereocenters. The lowest BCUT2D eigenvalue weighted by atomic mass is 9.91. The van der Waals surface area contributed by atoms with Gasteiger partial charge in [-0.1, -0.05) is 20.8 Å². The monoisotopic (exact) mass is 533 g/mol. The van der Waals surface area contributed by atoms with Crippen LogP contribution in [0.15, 0.2) is 36.7 Å². The lowest BCUT2D eigenvalue weighted by Gasteiger charge is -2.22. The Labute approximate surface area is 227 Å². The van der Waals surface area contributed by atoms with E-state index in [2.05, 4.69) is 51.8 Å². The fourth-order valence-electron chi connectivity index (χ4n) is 4.60. The van der Waals surface area contributed by atoms with E-state index < -0.39 is 0 Å². The van der Waals surface area contributed by atoms with Gasteiger partial charge in [-0.05, 0) is 12.5 Å². The van der Waals surface area contributed by atoms with Gasteiger partial charge in [0.05, 0.1) is 36.7 Å². The third kappa shape index (κ3) is 6.10. The molecule has 0 bridgehead atoms. The number of nitrogens with one attached hydrogen (secondary N) is 1. The molecule has 0 saturated carbocycles. The summed E-state index contributed by atoms with van der Waals surface area (Å²) in [4.78, 5) is 25.6. The number of anilines is 2. The molecule has 5 rings (SSSR count). The molecule has 1 N–H and O–H groups in total. The molecule has 1 saturated heterocycles. The zero-order valence-corrected chi connectivity index (χ0v) is 23.1. The van der Waals surface area contributed by atoms with Crippen LogP contribution >= 0.6 is 0 Å². The molecule has 11 heteroatoms. The Hall–Kier alpha value is -3.83. The van der Waals surface area contributed by atoms with Gasteiger partial charge in [0.15, 0.2) is 11.5 Å². The van der Waals surface area contributed by atoms with Crippen molar-refractivity contribution in [3.63, 3.8) is 0 Å². The summed E-state index contributed by atoms with van der Waals surface area (Å²) >= 11 is 0. The van der Waals surface area contributed by atoms with E-state index in [0.29, 0.717) is 48.4 Å². The molecule has 5 heterocycles. The quantitative estimate of drug-likeness (QED) is 0.314. The molecule has 0 spiro atoms. The first kappa shape index (κ1) is 26.8. The summed E-state index contributed by atoms with van der Waals surface area (Å²) in [5.74, 6) is 2.56. The molecule has 1 fully saturated rings. The highest BCUT2D eigenvalue weighted by atomic mass is 16.5. The van der Waals surface area contributed by atoms with Gasteiger partial charge in [0.25, 0.3) is 0 Å². The highest BCUT2D eigenvalue weighted by molar-refractivity contribution is 5.80. The first-order valence-electron chi connectivity index (χ1n) is 13.1. The molecule has 0 radical (unpaired) electrons. The van der Waals surface area contributed by atoms with Crippen molar-refractivity contribution < 1.29 is 19.0 Å². The number of carbonyl (C=O) groups is 1. The molecular formula is C28H35N7O4. The second-order valence-electron chi connectivity index (χ2n) is 10.8. The molecule has 0 unspecified atom stereocenters. The van der Waals surface area contributed by atoms with Gasteiger partial charge in [-0.2, -0.15) is 10.1 Å². The van der Waals surface area contributed by atoms with Crippen molar-refractivity contribution in [3.8, 4) is 11.5 Å². The fraction of sp³-hybridized carbons (Fsp3) is 0.464. The van der Waals surface area contributed by atoms with Crippen LogP contribution in [0.3, 0.4) is 0 Å². The average molecular weight is 534 g/mol. The van der Waals surface area contributed by atoms with Gasteiger partial charge in [0, 0.05) is 69.1 Å². The van der Waals surface area contributed by atoms with Crippen LogP contribution in [-0.2, 0) is 33.2 Å². The lowest BCUT2D eigenvalue weighted by molar-refractivity contribution is -0.119. The van der Waals surface area contributed by atoms with E-state index in [9.17, 15) is 4.79 Å². The van der Waals surface area contributed by atoms with E-state index in [4.69, 9.17) is 19.3 Å². The summed E-state index contributed by atoms with van der Waals surface area (Å²) in [5.41, 5.74) is 3.11. The zero-order valence-electron chi connectivity index (χ0n) is 23.1. The van der Waals surface area contributed by atoms with Gasteiger partial charge in [-0.3, -0.25) is 14.5 Å². The maximum atomic E-state index is 12.1. The van der Waals surface area contributed by atoms with E-state index in [1.165, 1.54) is 0 Å². The second-order valence-corrected chi connectivity index (χ2v) is 10.8. The summed E-state index contributed by atoms with van der Waals surface area (Å²) < 4.78 is 20.7. The number of hydrogen-bond donors (Lipinski definition) is 1. The minimum atomic E-state index is -0.0697. The molecule has 0 amide bonds. The highest BCUT2D eigenvalue weighted by Crippen LogP contribution is 2.32. The third-order valence-electron chi connectivity index (χ3n) is 6.70. The minimum absolute atomic E-state index is 0.0653. The van der Waals surface area contributed by atoms with E-state index in [0.717, 1.165) is 30.1 Å². The number of pyridine rings is 2. The molecule has 39 heavy (non-hydrogen) atoms. The van der Waals surface area contributed by atoms with Crippen molar-refractivity contribution in [2.24, 2.45) is 7.05 Å². The van der Waals surface area contributed by atoms with Gasteiger partial charge in [0.2, 0.25) is 5.95 Å². The molecule has 1 aliphatic rings. The molecular weight excluding hydrogens is 498 g/mol. The number of ether oxygens (including phenoxy) is 3. The summed E-state index contributed by atoms with van der Waals surface area (Å²) in [6.45, 7) is 8.39. The van der Waals surface area contributed by atoms with Crippen molar-refractivity contribution in [1.29, 1.82) is 0 Å². The molecule has 1 aliphatic heterocycles. The number of hydrogen-bond acceptors (Lipinski definition) is 9. The van der Waals surface area contributed by atoms with Crippen molar-refractivity contribution in [1.82, 2.24) is 29.3 Å². The number of imidazole rings is 1. The second kappa shape index (κ2) is 11.1. The first-order valence-corrected chi connectivity index (χ1v) is 13.1. The maximum absolute atomic E-state index is 12.1. The Bertz CT molecular complexity index is 1460. The number of aryl methyl sites for hydroxylation is 1. The Morgan fingerprint density at radius 2 is 2.05 bits per heavy atom. The van der Waals surface area contributed by atoms with Gasteiger partial charge in [-0.15, -0.1) is 0 Å². The number of nitrogens with zero attached hydrogens (tertiary/aromatic N) is 6. The maximum Gasteiger partial charge on any atom is 0.210 e. The Kier molecular flexibility index (Phi) is 7.62. The van der Waals surface area contributed by atoms with E-state index in [1.807, 2.05) is 17.7 Å². The predicted molar refractivity (Wildman–Crippen MR) is 147 cm³/mol. The van der Waals surface area contributed by atoms with Gasteiger partial charge in [0.1, 0.15) is 17.3 Å². The largest absolute Gasteiger partial charge is 0.456 e. The SMILES string of the molecule is COCCC(=O)Cc1cc(Oc2cnc3nc(Nc4cc(C(C)(C)C)n([C@@H]5CCOC5)n4)n(C)c3c2)ccn1. The van der Waals surface area contributed by atoms with E-state index >= 15 is 0 Å². The molecule has 0 aromatic carbocycles. The minimum Gasteiger partial charge on any atom is -0.456 e. The molecule has 4 aromatic rings. The fourth-order valence-corrected chi connectivity index (χ4v) is 4.60. The predicted octanol–water partition coefficient (Wildman–Crippen LogP) is 4.50. The van der Waals surface area contributed by atoms with Gasteiger partial charge in [-0.25, -0.2) is 4.98 Å². The molecule has 11 nitrogen and oxygen atoms in total. The number of carbonyl (C=O) groups excluding carboxylic acids is 1. The first-order chi connectivity index (χ1) is 18.7. The van der Waals surface area contributed by atoms with Crippen LogP contribution in [0.4, 0.5) is 11.8 Å². The van der Waals surface area contributed by atoms with Crippen molar-refractivity contribution in [2.75, 3.05) is 32.2 Å². The zero-order chi connectivity index (χ0) is 27.6. The van der Waals surface area contributed by atoms with Crippen LogP contribution in [0.2, 0.25) is 0 Å². The third-order valence-corrected chi connectivity index (χ3v) is 6.70. The average Bonchev–Trinajstić information content (AvgIpc) is 3.63. The molecule has 0 aliphatic carbocycles. The standard InChI is InChI=1S/C28H35N7O4/c1-28(2,3)24-15-25(33-35(24)19-7-11-38-17-19)31-27-32-26-23(34(27)4)14-22(16-30-26)39-21-6-9-29-18(13-21)12-20(36)8-10-37-5/h6,9,13-16,19H,7-8,10-12,17H2,1-5H3,(H,30,31,32,33)/t19-/m1/s1. The van der Waals surface area contributed by atoms with Crippen LogP contribution in [0.1, 0.15) is 51.0 Å². The normalized spacial score (nSPS) is 15.7. The van der Waals surface area contributed by atoms with Crippen molar-refractivity contribution >= 4 is 28.7 Å². The number of fused-ring (bicyclic) bond motifs is 1. The summed E-state index contributed by atoms with van der Waals surface area (Å²) in [7, 11) is 3.50. The summed E-state index contributed by atoms with van der Waals surface area (Å²) in [5, 5.41) is 8.25. The highest BCUT2D eigenvalue weighted by Gasteiger charge is 2.28. The summed E-state index contributed by atoms with van der Waals surface area (Å²) in [6.07, 6.45) is 4.80. The Balaban J connectivity index is 1.34. The van der Waals surface area contributed by atoms with Gasteiger partial charge < -0.3 is 24.1 Å². The number of aromatic nitrogens is 6. The van der Waals surface area contributed by atoms with Crippen molar-refractivity contribution in [2.45, 2.75) is 51.5 Å². The van der Waals surface area contributed by atoms with Crippen LogP contribution in [0.25, 0.3) is 11.2 Å². The van der Waals surface area contributed by atoms with Gasteiger partial charge >= 0.3 is 0 Å². The number of rotatable bonds is 10. The Morgan fingerprint density at radius 1 is 1.21 bits per heavy atom. The van der Waals surface area contributed by atoms with Crippen LogP contribution in [0, 0.1) is 0 Å². The Morgan fingerprint density at radius 3 is 2.79 bits per heavy atom. The van der Waals surface area contributed by atoms with E-state index in [1.54, 1.807) is 31.6 Å². The molecule has 206 valence electrons. The number of Topliss-reactive ketones (excluding diaryl/α,β-unsaturated/α-hetero) is 1. The van der Waals surface area contributed by atoms with Crippen LogP contribution in [-0.4, -0.2) is 62.0 Å². The van der Waals surface area contributed by atoms with Crippen LogP contribution < -0.4 is 10.1 Å². The summed E-state index contributed by atoms with van der Waals surface area (Å²) in [6, 6.07) is 7.72. The van der Waals surface area contributed by atoms with Crippen LogP contribution in [0.5, 0.6) is 11.5 Å².